The molecule has 0 aliphatic heterocycles. The Labute approximate surface area is 171 Å². The maximum atomic E-state index is 12.6. The Hall–Kier alpha value is -2.87. The van der Waals surface area contributed by atoms with Crippen molar-refractivity contribution in [1.82, 2.24) is 5.32 Å². The number of amides is 2. The number of nitrogens with two attached hydrogens (primary N) is 1. The first-order valence-corrected chi connectivity index (χ1v) is 10.6. The van der Waals surface area contributed by atoms with Crippen molar-refractivity contribution in [1.29, 1.82) is 0 Å². The van der Waals surface area contributed by atoms with Gasteiger partial charge in [-0.1, -0.05) is 26.8 Å². The standard InChI is InChI=1S/C21H27N3O4S/c1-13-6-9-16(12-14(13)2)24-29(27,28)17-10-7-15(8-11-17)20(26)23-18(19(22)25)21(3,4)5/h6-12,18,24H,1-5H3,(H2,22,25)(H,23,26)/t18-/m1/s1. The lowest BCUT2D eigenvalue weighted by Gasteiger charge is -2.28. The van der Waals surface area contributed by atoms with E-state index in [0.717, 1.165) is 11.1 Å². The smallest absolute Gasteiger partial charge is 0.261 e. The fourth-order valence-electron chi connectivity index (χ4n) is 2.73. The second-order valence-electron chi connectivity index (χ2n) is 8.10. The monoisotopic (exact) mass is 417 g/mol. The van der Waals surface area contributed by atoms with E-state index in [0.29, 0.717) is 5.69 Å². The van der Waals surface area contributed by atoms with Crippen LogP contribution in [-0.2, 0) is 14.8 Å². The van der Waals surface area contributed by atoms with Crippen LogP contribution >= 0.6 is 0 Å². The van der Waals surface area contributed by atoms with E-state index in [1.807, 2.05) is 19.9 Å². The van der Waals surface area contributed by atoms with Crippen molar-refractivity contribution >= 4 is 27.5 Å². The molecule has 0 spiro atoms. The maximum absolute atomic E-state index is 12.6. The van der Waals surface area contributed by atoms with Crippen LogP contribution in [0.4, 0.5) is 5.69 Å². The Bertz CT molecular complexity index is 1020. The molecule has 2 rings (SSSR count). The molecule has 0 aliphatic carbocycles. The number of nitrogens with one attached hydrogen (secondary N) is 2. The largest absolute Gasteiger partial charge is 0.368 e. The van der Waals surface area contributed by atoms with E-state index in [9.17, 15) is 18.0 Å². The number of carbonyl (C=O) groups excluding carboxylic acids is 2. The van der Waals surface area contributed by atoms with Crippen molar-refractivity contribution in [3.8, 4) is 0 Å². The third-order valence-corrected chi connectivity index (χ3v) is 6.01. The van der Waals surface area contributed by atoms with Crippen LogP contribution in [0.5, 0.6) is 0 Å². The Morgan fingerprint density at radius 3 is 2.03 bits per heavy atom. The number of primary amides is 1. The van der Waals surface area contributed by atoms with Gasteiger partial charge in [0.15, 0.2) is 0 Å². The second-order valence-corrected chi connectivity index (χ2v) is 9.79. The Morgan fingerprint density at radius 2 is 1.55 bits per heavy atom. The summed E-state index contributed by atoms with van der Waals surface area (Å²) in [5.41, 5.74) is 7.55. The molecule has 0 aliphatic rings. The minimum Gasteiger partial charge on any atom is -0.368 e. The van der Waals surface area contributed by atoms with Gasteiger partial charge in [-0.25, -0.2) is 8.42 Å². The molecular formula is C21H27N3O4S. The van der Waals surface area contributed by atoms with Gasteiger partial charge >= 0.3 is 0 Å². The summed E-state index contributed by atoms with van der Waals surface area (Å²) < 4.78 is 27.7. The van der Waals surface area contributed by atoms with Crippen LogP contribution in [0, 0.1) is 19.3 Å². The van der Waals surface area contributed by atoms with E-state index >= 15 is 0 Å². The number of aryl methyl sites for hydroxylation is 2. The molecule has 156 valence electrons. The third-order valence-electron chi connectivity index (χ3n) is 4.61. The average molecular weight is 418 g/mol. The Balaban J connectivity index is 2.19. The van der Waals surface area contributed by atoms with E-state index in [4.69, 9.17) is 5.73 Å². The van der Waals surface area contributed by atoms with Crippen molar-refractivity contribution in [3.63, 3.8) is 0 Å². The van der Waals surface area contributed by atoms with Crippen molar-refractivity contribution in [2.75, 3.05) is 4.72 Å². The molecule has 0 unspecified atom stereocenters. The number of carbonyl (C=O) groups is 2. The number of sulfonamides is 1. The number of benzene rings is 2. The van der Waals surface area contributed by atoms with Gasteiger partial charge in [-0.3, -0.25) is 14.3 Å². The Kier molecular flexibility index (Phi) is 6.37. The van der Waals surface area contributed by atoms with Gasteiger partial charge in [-0.05, 0) is 66.8 Å². The molecule has 0 heterocycles. The van der Waals surface area contributed by atoms with Crippen LogP contribution in [0.2, 0.25) is 0 Å². The van der Waals surface area contributed by atoms with Gasteiger partial charge in [0, 0.05) is 11.3 Å². The molecule has 29 heavy (non-hydrogen) atoms. The molecular weight excluding hydrogens is 390 g/mol. The predicted molar refractivity (Wildman–Crippen MR) is 113 cm³/mol. The highest BCUT2D eigenvalue weighted by Crippen LogP contribution is 2.21. The molecule has 8 heteroatoms. The minimum atomic E-state index is -3.80. The van der Waals surface area contributed by atoms with E-state index in [1.54, 1.807) is 32.9 Å². The molecule has 0 saturated heterocycles. The van der Waals surface area contributed by atoms with E-state index in [-0.39, 0.29) is 10.5 Å². The zero-order chi connectivity index (χ0) is 22.0. The van der Waals surface area contributed by atoms with Crippen LogP contribution in [0.3, 0.4) is 0 Å². The average Bonchev–Trinajstić information content (AvgIpc) is 2.61. The first kappa shape index (κ1) is 22.4. The molecule has 2 aromatic rings. The van der Waals surface area contributed by atoms with Gasteiger partial charge in [0.05, 0.1) is 4.90 Å². The number of anilines is 1. The van der Waals surface area contributed by atoms with E-state index in [2.05, 4.69) is 10.0 Å². The summed E-state index contributed by atoms with van der Waals surface area (Å²) in [5, 5.41) is 2.60. The molecule has 4 N–H and O–H groups in total. The normalized spacial score (nSPS) is 12.9. The SMILES string of the molecule is Cc1ccc(NS(=O)(=O)c2ccc(C(=O)N[C@H](C(N)=O)C(C)(C)C)cc2)cc1C. The zero-order valence-corrected chi connectivity index (χ0v) is 18.1. The van der Waals surface area contributed by atoms with Gasteiger partial charge in [0.25, 0.3) is 15.9 Å². The summed E-state index contributed by atoms with van der Waals surface area (Å²) >= 11 is 0. The summed E-state index contributed by atoms with van der Waals surface area (Å²) in [6.07, 6.45) is 0. The lowest BCUT2D eigenvalue weighted by molar-refractivity contribution is -0.122. The molecule has 1 atom stereocenters. The van der Waals surface area contributed by atoms with Gasteiger partial charge < -0.3 is 11.1 Å². The highest BCUT2D eigenvalue weighted by molar-refractivity contribution is 7.92. The number of hydrogen-bond donors (Lipinski definition) is 3. The third kappa shape index (κ3) is 5.57. The second kappa shape index (κ2) is 8.24. The fourth-order valence-corrected chi connectivity index (χ4v) is 3.78. The highest BCUT2D eigenvalue weighted by atomic mass is 32.2. The first-order valence-electron chi connectivity index (χ1n) is 9.11. The van der Waals surface area contributed by atoms with E-state index < -0.39 is 33.3 Å². The molecule has 2 aromatic carbocycles. The number of rotatable bonds is 6. The van der Waals surface area contributed by atoms with Crippen molar-refractivity contribution in [3.05, 3.63) is 59.2 Å². The summed E-state index contributed by atoms with van der Waals surface area (Å²) in [6, 6.07) is 9.90. The van der Waals surface area contributed by atoms with Crippen LogP contribution in [0.1, 0.15) is 42.3 Å². The summed E-state index contributed by atoms with van der Waals surface area (Å²) in [7, 11) is -3.80. The highest BCUT2D eigenvalue weighted by Gasteiger charge is 2.31. The molecule has 0 fully saturated rings. The molecule has 0 radical (unpaired) electrons. The molecule has 2 amide bonds. The summed E-state index contributed by atoms with van der Waals surface area (Å²) in [4.78, 5) is 24.1. The molecule has 0 bridgehead atoms. The van der Waals surface area contributed by atoms with Crippen LogP contribution in [-0.4, -0.2) is 26.3 Å². The lowest BCUT2D eigenvalue weighted by atomic mass is 9.86. The van der Waals surface area contributed by atoms with Crippen molar-refractivity contribution in [2.45, 2.75) is 45.6 Å². The zero-order valence-electron chi connectivity index (χ0n) is 17.2. The van der Waals surface area contributed by atoms with Gasteiger partial charge in [0.1, 0.15) is 6.04 Å². The maximum Gasteiger partial charge on any atom is 0.261 e. The quantitative estimate of drug-likeness (QED) is 0.669. The van der Waals surface area contributed by atoms with Crippen LogP contribution in [0.15, 0.2) is 47.4 Å². The number of hydrogen-bond acceptors (Lipinski definition) is 4. The minimum absolute atomic E-state index is 0.0227. The van der Waals surface area contributed by atoms with E-state index in [1.165, 1.54) is 24.3 Å². The van der Waals surface area contributed by atoms with Gasteiger partial charge in [-0.15, -0.1) is 0 Å². The topological polar surface area (TPSA) is 118 Å². The van der Waals surface area contributed by atoms with Crippen LogP contribution < -0.4 is 15.8 Å². The van der Waals surface area contributed by atoms with Crippen molar-refractivity contribution < 1.29 is 18.0 Å². The van der Waals surface area contributed by atoms with Gasteiger partial charge in [-0.2, -0.15) is 0 Å². The first-order chi connectivity index (χ1) is 13.3. The molecule has 0 aromatic heterocycles. The van der Waals surface area contributed by atoms with Crippen LogP contribution in [0.25, 0.3) is 0 Å². The van der Waals surface area contributed by atoms with Crippen molar-refractivity contribution in [2.24, 2.45) is 11.1 Å². The predicted octanol–water partition coefficient (Wildman–Crippen LogP) is 2.73. The Morgan fingerprint density at radius 1 is 0.966 bits per heavy atom. The lowest BCUT2D eigenvalue weighted by Crippen LogP contribution is -2.52. The molecule has 7 nitrogen and oxygen atoms in total. The van der Waals surface area contributed by atoms with Gasteiger partial charge in [0.2, 0.25) is 5.91 Å². The summed E-state index contributed by atoms with van der Waals surface area (Å²) in [6.45, 7) is 9.21. The summed E-state index contributed by atoms with van der Waals surface area (Å²) in [5.74, 6) is -1.14. The molecule has 0 saturated carbocycles. The fraction of sp³-hybridized carbons (Fsp3) is 0.333.